The maximum atomic E-state index is 12.0. The Balaban J connectivity index is 2.49. The van der Waals surface area contributed by atoms with Crippen molar-refractivity contribution < 1.29 is 12.8 Å². The molecule has 2 unspecified atom stereocenters. The van der Waals surface area contributed by atoms with E-state index in [1.54, 1.807) is 19.3 Å². The third-order valence-corrected chi connectivity index (χ3v) is 4.62. The van der Waals surface area contributed by atoms with Gasteiger partial charge in [0.2, 0.25) is 10.0 Å². The first-order chi connectivity index (χ1) is 8.45. The fourth-order valence-electron chi connectivity index (χ4n) is 1.63. The molecule has 104 valence electrons. The van der Waals surface area contributed by atoms with Crippen LogP contribution in [0.2, 0.25) is 0 Å². The Hall–Kier alpha value is -0.850. The average Bonchev–Trinajstić information content (AvgIpc) is 2.77. The molecule has 0 radical (unpaired) electrons. The highest BCUT2D eigenvalue weighted by Gasteiger charge is 2.22. The SMILES string of the molecule is CCNCC(C)S(=O)(=O)NC(C)Cc1ccco1. The van der Waals surface area contributed by atoms with Gasteiger partial charge in [0.1, 0.15) is 5.76 Å². The van der Waals surface area contributed by atoms with Gasteiger partial charge in [-0.2, -0.15) is 0 Å². The van der Waals surface area contributed by atoms with Gasteiger partial charge in [0.25, 0.3) is 0 Å². The average molecular weight is 274 g/mol. The van der Waals surface area contributed by atoms with Crippen molar-refractivity contribution in [2.75, 3.05) is 13.1 Å². The molecule has 0 saturated heterocycles. The molecule has 1 aromatic rings. The number of rotatable bonds is 8. The Bertz CT molecular complexity index is 428. The van der Waals surface area contributed by atoms with E-state index in [4.69, 9.17) is 4.42 Å². The summed E-state index contributed by atoms with van der Waals surface area (Å²) in [6, 6.07) is 3.46. The molecular formula is C12H22N2O3S. The topological polar surface area (TPSA) is 71.3 Å². The minimum atomic E-state index is -3.29. The molecule has 18 heavy (non-hydrogen) atoms. The van der Waals surface area contributed by atoms with Gasteiger partial charge >= 0.3 is 0 Å². The fraction of sp³-hybridized carbons (Fsp3) is 0.667. The summed E-state index contributed by atoms with van der Waals surface area (Å²) in [6.45, 7) is 6.71. The van der Waals surface area contributed by atoms with Gasteiger partial charge in [0, 0.05) is 19.0 Å². The third-order valence-electron chi connectivity index (χ3n) is 2.66. The van der Waals surface area contributed by atoms with E-state index in [1.165, 1.54) is 0 Å². The van der Waals surface area contributed by atoms with E-state index in [0.717, 1.165) is 12.3 Å². The van der Waals surface area contributed by atoms with Crippen LogP contribution in [0.5, 0.6) is 0 Å². The van der Waals surface area contributed by atoms with Crippen LogP contribution in [0.4, 0.5) is 0 Å². The first-order valence-electron chi connectivity index (χ1n) is 6.20. The van der Waals surface area contributed by atoms with E-state index >= 15 is 0 Å². The van der Waals surface area contributed by atoms with Crippen molar-refractivity contribution in [1.82, 2.24) is 10.0 Å². The summed E-state index contributed by atoms with van der Waals surface area (Å²) in [4.78, 5) is 0. The van der Waals surface area contributed by atoms with Gasteiger partial charge in [0.15, 0.2) is 0 Å². The lowest BCUT2D eigenvalue weighted by Gasteiger charge is -2.18. The van der Waals surface area contributed by atoms with Crippen LogP contribution in [0.15, 0.2) is 22.8 Å². The molecule has 0 aliphatic carbocycles. The monoisotopic (exact) mass is 274 g/mol. The molecule has 1 heterocycles. The zero-order chi connectivity index (χ0) is 13.6. The van der Waals surface area contributed by atoms with Crippen LogP contribution >= 0.6 is 0 Å². The smallest absolute Gasteiger partial charge is 0.215 e. The summed E-state index contributed by atoms with van der Waals surface area (Å²) in [5.74, 6) is 0.782. The van der Waals surface area contributed by atoms with Crippen LogP contribution in [0, 0.1) is 0 Å². The van der Waals surface area contributed by atoms with Crippen molar-refractivity contribution in [2.45, 2.75) is 38.5 Å². The highest BCUT2D eigenvalue weighted by atomic mass is 32.2. The van der Waals surface area contributed by atoms with Crippen LogP contribution < -0.4 is 10.0 Å². The lowest BCUT2D eigenvalue weighted by molar-refractivity contribution is 0.476. The molecule has 0 amide bonds. The minimum Gasteiger partial charge on any atom is -0.469 e. The number of furan rings is 1. The Morgan fingerprint density at radius 2 is 2.11 bits per heavy atom. The maximum absolute atomic E-state index is 12.0. The highest BCUT2D eigenvalue weighted by molar-refractivity contribution is 7.90. The van der Waals surface area contributed by atoms with Gasteiger partial charge in [-0.15, -0.1) is 0 Å². The van der Waals surface area contributed by atoms with Crippen molar-refractivity contribution in [3.63, 3.8) is 0 Å². The van der Waals surface area contributed by atoms with Gasteiger partial charge in [-0.05, 0) is 32.5 Å². The predicted molar refractivity (Wildman–Crippen MR) is 71.9 cm³/mol. The number of hydrogen-bond donors (Lipinski definition) is 2. The Labute approximate surface area is 109 Å². The molecule has 0 saturated carbocycles. The zero-order valence-corrected chi connectivity index (χ0v) is 12.0. The number of hydrogen-bond acceptors (Lipinski definition) is 4. The molecule has 5 nitrogen and oxygen atoms in total. The summed E-state index contributed by atoms with van der Waals surface area (Å²) in [7, 11) is -3.29. The van der Waals surface area contributed by atoms with Crippen LogP contribution in [-0.4, -0.2) is 32.8 Å². The van der Waals surface area contributed by atoms with E-state index in [1.807, 2.05) is 19.9 Å². The quantitative estimate of drug-likeness (QED) is 0.745. The van der Waals surface area contributed by atoms with Gasteiger partial charge < -0.3 is 9.73 Å². The van der Waals surface area contributed by atoms with Gasteiger partial charge in [-0.25, -0.2) is 13.1 Å². The summed E-state index contributed by atoms with van der Waals surface area (Å²) >= 11 is 0. The molecule has 0 aliphatic rings. The fourth-order valence-corrected chi connectivity index (χ4v) is 2.84. The molecule has 2 atom stereocenters. The molecule has 0 aliphatic heterocycles. The molecule has 6 heteroatoms. The molecule has 1 aromatic heterocycles. The van der Waals surface area contributed by atoms with Crippen LogP contribution in [0.1, 0.15) is 26.5 Å². The molecule has 0 spiro atoms. The Morgan fingerprint density at radius 1 is 1.39 bits per heavy atom. The highest BCUT2D eigenvalue weighted by Crippen LogP contribution is 2.06. The predicted octanol–water partition coefficient (Wildman–Crippen LogP) is 1.13. The van der Waals surface area contributed by atoms with E-state index in [9.17, 15) is 8.42 Å². The van der Waals surface area contributed by atoms with Crippen molar-refractivity contribution in [3.8, 4) is 0 Å². The van der Waals surface area contributed by atoms with Crippen molar-refractivity contribution in [3.05, 3.63) is 24.2 Å². The standard InChI is InChI=1S/C12H22N2O3S/c1-4-13-9-11(3)18(15,16)14-10(2)8-12-6-5-7-17-12/h5-7,10-11,13-14H,4,8-9H2,1-3H3. The zero-order valence-electron chi connectivity index (χ0n) is 11.1. The van der Waals surface area contributed by atoms with E-state index in [-0.39, 0.29) is 6.04 Å². The first kappa shape index (κ1) is 15.2. The Kier molecular flexibility index (Phi) is 5.84. The molecule has 0 fully saturated rings. The number of sulfonamides is 1. The molecule has 2 N–H and O–H groups in total. The second-order valence-electron chi connectivity index (χ2n) is 4.47. The minimum absolute atomic E-state index is 0.176. The largest absolute Gasteiger partial charge is 0.469 e. The van der Waals surface area contributed by atoms with E-state index < -0.39 is 15.3 Å². The van der Waals surface area contributed by atoms with Crippen LogP contribution in [-0.2, 0) is 16.4 Å². The maximum Gasteiger partial charge on any atom is 0.215 e. The summed E-state index contributed by atoms with van der Waals surface area (Å²) in [6.07, 6.45) is 2.14. The third kappa shape index (κ3) is 4.80. The molecule has 0 aromatic carbocycles. The first-order valence-corrected chi connectivity index (χ1v) is 7.74. The van der Waals surface area contributed by atoms with Crippen LogP contribution in [0.3, 0.4) is 0 Å². The summed E-state index contributed by atoms with van der Waals surface area (Å²) in [5.41, 5.74) is 0. The van der Waals surface area contributed by atoms with Gasteiger partial charge in [0.05, 0.1) is 11.5 Å². The van der Waals surface area contributed by atoms with E-state index in [0.29, 0.717) is 13.0 Å². The van der Waals surface area contributed by atoms with Crippen molar-refractivity contribution >= 4 is 10.0 Å². The van der Waals surface area contributed by atoms with Crippen LogP contribution in [0.25, 0.3) is 0 Å². The molecular weight excluding hydrogens is 252 g/mol. The normalized spacial score (nSPS) is 15.5. The summed E-state index contributed by atoms with van der Waals surface area (Å²) in [5, 5.41) is 2.59. The molecule has 0 bridgehead atoms. The Morgan fingerprint density at radius 3 is 2.67 bits per heavy atom. The van der Waals surface area contributed by atoms with E-state index in [2.05, 4.69) is 10.0 Å². The van der Waals surface area contributed by atoms with Gasteiger partial charge in [-0.3, -0.25) is 0 Å². The van der Waals surface area contributed by atoms with Crippen molar-refractivity contribution in [1.29, 1.82) is 0 Å². The van der Waals surface area contributed by atoms with Crippen molar-refractivity contribution in [2.24, 2.45) is 0 Å². The van der Waals surface area contributed by atoms with Gasteiger partial charge in [-0.1, -0.05) is 6.92 Å². The second kappa shape index (κ2) is 6.92. The lowest BCUT2D eigenvalue weighted by atomic mass is 10.2. The second-order valence-corrected chi connectivity index (χ2v) is 6.60. The summed E-state index contributed by atoms with van der Waals surface area (Å²) < 4.78 is 31.9. The molecule has 1 rings (SSSR count). The number of nitrogens with one attached hydrogen (secondary N) is 2. The lowest BCUT2D eigenvalue weighted by Crippen LogP contribution is -2.43.